The summed E-state index contributed by atoms with van der Waals surface area (Å²) in [6.07, 6.45) is 5.63. The fourth-order valence-electron chi connectivity index (χ4n) is 1.89. The molecule has 0 bridgehead atoms. The Morgan fingerprint density at radius 2 is 2.05 bits per heavy atom. The Morgan fingerprint density at radius 3 is 2.57 bits per heavy atom. The molecular weight excluding hydrogens is 266 g/mol. The number of nitrogens with two attached hydrogens (primary N) is 1. The molecule has 1 aromatic rings. The largest absolute Gasteiger partial charge is 0.368 e. The Hall–Kier alpha value is -1.69. The van der Waals surface area contributed by atoms with E-state index in [0.717, 1.165) is 38.0 Å². The number of carbonyl (C=O) groups is 1. The van der Waals surface area contributed by atoms with Crippen molar-refractivity contribution in [3.8, 4) is 0 Å². The number of aromatic nitrogens is 2. The first-order chi connectivity index (χ1) is 10.0. The summed E-state index contributed by atoms with van der Waals surface area (Å²) in [6, 6.07) is 0. The smallest absolute Gasteiger partial charge is 0.237 e. The van der Waals surface area contributed by atoms with Gasteiger partial charge in [0.05, 0.1) is 6.54 Å². The normalized spacial score (nSPS) is 10.9. The SMILES string of the molecule is CCCCN(CC(N)=O)c1ncc(CNCC(C)C)cn1. The van der Waals surface area contributed by atoms with Crippen molar-refractivity contribution in [1.82, 2.24) is 15.3 Å². The number of unbranched alkanes of at least 4 members (excludes halogenated alkanes) is 1. The van der Waals surface area contributed by atoms with Crippen LogP contribution in [0.1, 0.15) is 39.2 Å². The van der Waals surface area contributed by atoms with E-state index in [0.29, 0.717) is 11.9 Å². The van der Waals surface area contributed by atoms with Gasteiger partial charge in [0.25, 0.3) is 0 Å². The van der Waals surface area contributed by atoms with E-state index >= 15 is 0 Å². The fourth-order valence-corrected chi connectivity index (χ4v) is 1.89. The highest BCUT2D eigenvalue weighted by molar-refractivity contribution is 5.78. The van der Waals surface area contributed by atoms with Crippen LogP contribution in [0.5, 0.6) is 0 Å². The Labute approximate surface area is 127 Å². The molecule has 0 aromatic carbocycles. The molecule has 0 aliphatic rings. The lowest BCUT2D eigenvalue weighted by atomic mass is 10.2. The van der Waals surface area contributed by atoms with Crippen LogP contribution in [0.15, 0.2) is 12.4 Å². The molecule has 6 nitrogen and oxygen atoms in total. The van der Waals surface area contributed by atoms with Crippen LogP contribution in [-0.2, 0) is 11.3 Å². The van der Waals surface area contributed by atoms with E-state index in [1.807, 2.05) is 4.90 Å². The molecule has 0 atom stereocenters. The third kappa shape index (κ3) is 7.04. The van der Waals surface area contributed by atoms with Crippen LogP contribution in [0.4, 0.5) is 5.95 Å². The molecule has 0 radical (unpaired) electrons. The summed E-state index contributed by atoms with van der Waals surface area (Å²) >= 11 is 0. The fraction of sp³-hybridized carbons (Fsp3) is 0.667. The zero-order chi connectivity index (χ0) is 15.7. The third-order valence-corrected chi connectivity index (χ3v) is 2.98. The number of primary amides is 1. The molecule has 0 saturated carbocycles. The van der Waals surface area contributed by atoms with E-state index in [-0.39, 0.29) is 12.5 Å². The number of nitrogens with one attached hydrogen (secondary N) is 1. The van der Waals surface area contributed by atoms with Gasteiger partial charge in [0, 0.05) is 31.0 Å². The molecule has 1 amide bonds. The number of hydrogen-bond acceptors (Lipinski definition) is 5. The maximum absolute atomic E-state index is 11.1. The molecule has 1 heterocycles. The lowest BCUT2D eigenvalue weighted by Gasteiger charge is -2.20. The van der Waals surface area contributed by atoms with Gasteiger partial charge >= 0.3 is 0 Å². The predicted octanol–water partition coefficient (Wildman–Crippen LogP) is 1.31. The number of amides is 1. The second-order valence-electron chi connectivity index (χ2n) is 5.66. The summed E-state index contributed by atoms with van der Waals surface area (Å²) in [5.74, 6) is 0.817. The molecule has 0 aliphatic carbocycles. The average Bonchev–Trinajstić information content (AvgIpc) is 2.43. The quantitative estimate of drug-likeness (QED) is 0.679. The van der Waals surface area contributed by atoms with Crippen molar-refractivity contribution in [3.05, 3.63) is 18.0 Å². The van der Waals surface area contributed by atoms with Gasteiger partial charge in [-0.1, -0.05) is 27.2 Å². The summed E-state index contributed by atoms with van der Waals surface area (Å²) in [4.78, 5) is 21.7. The van der Waals surface area contributed by atoms with Crippen LogP contribution < -0.4 is 16.0 Å². The lowest BCUT2D eigenvalue weighted by Crippen LogP contribution is -2.35. The van der Waals surface area contributed by atoms with Crippen molar-refractivity contribution in [2.24, 2.45) is 11.7 Å². The van der Waals surface area contributed by atoms with Gasteiger partial charge in [0.1, 0.15) is 0 Å². The molecule has 6 heteroatoms. The lowest BCUT2D eigenvalue weighted by molar-refractivity contribution is -0.116. The maximum atomic E-state index is 11.1. The van der Waals surface area contributed by atoms with Crippen LogP contribution in [0.25, 0.3) is 0 Å². The molecule has 1 rings (SSSR count). The molecular formula is C15H27N5O. The van der Waals surface area contributed by atoms with Crippen molar-refractivity contribution >= 4 is 11.9 Å². The van der Waals surface area contributed by atoms with Gasteiger partial charge in [-0.2, -0.15) is 0 Å². The second-order valence-corrected chi connectivity index (χ2v) is 5.66. The van der Waals surface area contributed by atoms with Gasteiger partial charge < -0.3 is 16.0 Å². The summed E-state index contributed by atoms with van der Waals surface area (Å²) in [6.45, 7) is 9.06. The Kier molecular flexibility index (Phi) is 7.68. The minimum atomic E-state index is -0.364. The molecule has 1 aromatic heterocycles. The van der Waals surface area contributed by atoms with Crippen molar-refractivity contribution in [2.75, 3.05) is 24.5 Å². The monoisotopic (exact) mass is 293 g/mol. The standard InChI is InChI=1S/C15H27N5O/c1-4-5-6-20(11-14(16)21)15-18-9-13(10-19-15)8-17-7-12(2)3/h9-10,12,17H,4-8,11H2,1-3H3,(H2,16,21). The van der Waals surface area contributed by atoms with Crippen molar-refractivity contribution in [1.29, 1.82) is 0 Å². The molecule has 118 valence electrons. The molecule has 21 heavy (non-hydrogen) atoms. The highest BCUT2D eigenvalue weighted by Crippen LogP contribution is 2.08. The van der Waals surface area contributed by atoms with E-state index < -0.39 is 0 Å². The van der Waals surface area contributed by atoms with Crippen molar-refractivity contribution < 1.29 is 4.79 Å². The molecule has 0 saturated heterocycles. The number of carbonyl (C=O) groups excluding carboxylic acids is 1. The zero-order valence-corrected chi connectivity index (χ0v) is 13.3. The van der Waals surface area contributed by atoms with Crippen LogP contribution in [0, 0.1) is 5.92 Å². The predicted molar refractivity (Wildman–Crippen MR) is 84.9 cm³/mol. The molecule has 3 N–H and O–H groups in total. The van der Waals surface area contributed by atoms with Crippen LogP contribution >= 0.6 is 0 Å². The summed E-state index contributed by atoms with van der Waals surface area (Å²) < 4.78 is 0. The van der Waals surface area contributed by atoms with Gasteiger partial charge in [-0.05, 0) is 18.9 Å². The Morgan fingerprint density at radius 1 is 1.38 bits per heavy atom. The van der Waals surface area contributed by atoms with Crippen LogP contribution in [0.2, 0.25) is 0 Å². The van der Waals surface area contributed by atoms with Crippen molar-refractivity contribution in [3.63, 3.8) is 0 Å². The van der Waals surface area contributed by atoms with Crippen LogP contribution in [-0.4, -0.2) is 35.5 Å². The molecule has 0 unspecified atom stereocenters. The van der Waals surface area contributed by atoms with E-state index in [2.05, 4.69) is 36.1 Å². The van der Waals surface area contributed by atoms with Gasteiger partial charge in [0.15, 0.2) is 0 Å². The van der Waals surface area contributed by atoms with E-state index in [4.69, 9.17) is 5.73 Å². The average molecular weight is 293 g/mol. The first-order valence-electron chi connectivity index (χ1n) is 7.57. The maximum Gasteiger partial charge on any atom is 0.237 e. The number of anilines is 1. The summed E-state index contributed by atoms with van der Waals surface area (Å²) in [5, 5.41) is 3.35. The van der Waals surface area contributed by atoms with Gasteiger partial charge in [-0.3, -0.25) is 4.79 Å². The number of hydrogen-bond donors (Lipinski definition) is 2. The topological polar surface area (TPSA) is 84.1 Å². The van der Waals surface area contributed by atoms with Gasteiger partial charge in [0.2, 0.25) is 11.9 Å². The number of nitrogens with zero attached hydrogens (tertiary/aromatic N) is 3. The molecule has 0 aliphatic heterocycles. The number of rotatable bonds is 10. The Bertz CT molecular complexity index is 419. The Balaban J connectivity index is 2.61. The molecule has 0 fully saturated rings. The van der Waals surface area contributed by atoms with Gasteiger partial charge in [-0.15, -0.1) is 0 Å². The second kappa shape index (κ2) is 9.28. The highest BCUT2D eigenvalue weighted by atomic mass is 16.1. The van der Waals surface area contributed by atoms with Crippen molar-refractivity contribution in [2.45, 2.75) is 40.2 Å². The molecule has 0 spiro atoms. The van der Waals surface area contributed by atoms with E-state index in [9.17, 15) is 4.79 Å². The van der Waals surface area contributed by atoms with E-state index in [1.165, 1.54) is 0 Å². The first kappa shape index (κ1) is 17.4. The van der Waals surface area contributed by atoms with E-state index in [1.54, 1.807) is 12.4 Å². The first-order valence-corrected chi connectivity index (χ1v) is 7.57. The third-order valence-electron chi connectivity index (χ3n) is 2.98. The zero-order valence-electron chi connectivity index (χ0n) is 13.3. The summed E-state index contributed by atoms with van der Waals surface area (Å²) in [5.41, 5.74) is 6.32. The minimum absolute atomic E-state index is 0.158. The minimum Gasteiger partial charge on any atom is -0.368 e. The van der Waals surface area contributed by atoms with Crippen LogP contribution in [0.3, 0.4) is 0 Å². The highest BCUT2D eigenvalue weighted by Gasteiger charge is 2.11. The summed E-state index contributed by atoms with van der Waals surface area (Å²) in [7, 11) is 0. The van der Waals surface area contributed by atoms with Gasteiger partial charge in [-0.25, -0.2) is 9.97 Å².